The summed E-state index contributed by atoms with van der Waals surface area (Å²) in [6.45, 7) is 3.80. The van der Waals surface area contributed by atoms with Crippen molar-refractivity contribution in [2.45, 2.75) is 45.6 Å². The highest BCUT2D eigenvalue weighted by molar-refractivity contribution is 5.94. The van der Waals surface area contributed by atoms with Crippen molar-refractivity contribution in [1.29, 1.82) is 0 Å². The summed E-state index contributed by atoms with van der Waals surface area (Å²) in [5.74, 6) is -1.64. The number of carbonyl (C=O) groups is 2. The normalized spacial score (nSPS) is 17.7. The zero-order chi connectivity index (χ0) is 11.3. The Labute approximate surface area is 89.9 Å². The van der Waals surface area contributed by atoms with E-state index in [0.717, 1.165) is 19.3 Å². The van der Waals surface area contributed by atoms with Crippen LogP contribution in [0, 0.1) is 5.92 Å². The van der Waals surface area contributed by atoms with E-state index in [1.54, 1.807) is 13.8 Å². The highest BCUT2D eigenvalue weighted by Gasteiger charge is 2.31. The molecule has 0 aromatic rings. The Hall–Kier alpha value is -1.06. The minimum Gasteiger partial charge on any atom is -0.465 e. The molecule has 1 saturated carbocycles. The molecule has 1 aliphatic carbocycles. The van der Waals surface area contributed by atoms with Crippen molar-refractivity contribution >= 4 is 11.9 Å². The lowest BCUT2D eigenvalue weighted by Gasteiger charge is -2.26. The third-order valence-corrected chi connectivity index (χ3v) is 2.60. The van der Waals surface area contributed by atoms with Gasteiger partial charge in [-0.25, -0.2) is 0 Å². The van der Waals surface area contributed by atoms with E-state index in [0.29, 0.717) is 13.0 Å². The molecule has 0 bridgehead atoms. The molecule has 0 saturated heterocycles. The lowest BCUT2D eigenvalue weighted by atomic mass is 9.96. The van der Waals surface area contributed by atoms with Crippen molar-refractivity contribution in [3.63, 3.8) is 0 Å². The number of hydrogen-bond acceptors (Lipinski definition) is 4. The van der Waals surface area contributed by atoms with Crippen LogP contribution in [0.5, 0.6) is 0 Å². The van der Waals surface area contributed by atoms with E-state index in [4.69, 9.17) is 9.47 Å². The fraction of sp³-hybridized carbons (Fsp3) is 0.818. The Balaban J connectivity index is 2.41. The lowest BCUT2D eigenvalue weighted by Crippen LogP contribution is -2.33. The second kappa shape index (κ2) is 5.73. The maximum atomic E-state index is 11.6. The first-order valence-electron chi connectivity index (χ1n) is 5.56. The molecule has 1 aliphatic rings. The first-order chi connectivity index (χ1) is 7.19. The molecule has 1 rings (SSSR count). The zero-order valence-electron chi connectivity index (χ0n) is 9.32. The Kier molecular flexibility index (Phi) is 4.59. The molecule has 1 unspecified atom stereocenters. The number of hydrogen-bond donors (Lipinski definition) is 0. The van der Waals surface area contributed by atoms with E-state index in [1.807, 2.05) is 0 Å². The van der Waals surface area contributed by atoms with Crippen LogP contribution in [0.3, 0.4) is 0 Å². The van der Waals surface area contributed by atoms with E-state index >= 15 is 0 Å². The topological polar surface area (TPSA) is 52.6 Å². The van der Waals surface area contributed by atoms with E-state index in [1.165, 1.54) is 0 Å². The van der Waals surface area contributed by atoms with Gasteiger partial charge in [0.15, 0.2) is 5.92 Å². The van der Waals surface area contributed by atoms with Gasteiger partial charge >= 0.3 is 11.9 Å². The van der Waals surface area contributed by atoms with E-state index in [-0.39, 0.29) is 6.10 Å². The molecular weight excluding hydrogens is 196 g/mol. The molecule has 0 aromatic carbocycles. The van der Waals surface area contributed by atoms with Crippen LogP contribution in [0.25, 0.3) is 0 Å². The first kappa shape index (κ1) is 12.0. The predicted molar refractivity (Wildman–Crippen MR) is 54.1 cm³/mol. The Morgan fingerprint density at radius 3 is 2.33 bits per heavy atom. The summed E-state index contributed by atoms with van der Waals surface area (Å²) in [6, 6.07) is 0. The van der Waals surface area contributed by atoms with Gasteiger partial charge in [-0.05, 0) is 32.6 Å². The van der Waals surface area contributed by atoms with Gasteiger partial charge in [-0.15, -0.1) is 0 Å². The van der Waals surface area contributed by atoms with Crippen molar-refractivity contribution in [2.75, 3.05) is 6.61 Å². The van der Waals surface area contributed by atoms with Gasteiger partial charge in [0, 0.05) is 0 Å². The van der Waals surface area contributed by atoms with Crippen LogP contribution in [0.2, 0.25) is 0 Å². The van der Waals surface area contributed by atoms with Crippen LogP contribution in [0.1, 0.15) is 39.5 Å². The molecule has 1 fully saturated rings. The highest BCUT2D eigenvalue weighted by atomic mass is 16.6. The van der Waals surface area contributed by atoms with Gasteiger partial charge in [-0.1, -0.05) is 6.92 Å². The standard InChI is InChI=1S/C11H18O4/c1-3-9(10(12)14-4-2)11(13)15-8-6-5-7-8/h8-9H,3-7H2,1-2H3. The molecule has 0 spiro atoms. The van der Waals surface area contributed by atoms with Crippen molar-refractivity contribution in [1.82, 2.24) is 0 Å². The summed E-state index contributed by atoms with van der Waals surface area (Å²) < 4.78 is 9.98. The summed E-state index contributed by atoms with van der Waals surface area (Å²) in [5, 5.41) is 0. The minimum atomic E-state index is -0.745. The van der Waals surface area contributed by atoms with Gasteiger partial charge in [0.1, 0.15) is 6.10 Å². The van der Waals surface area contributed by atoms with Gasteiger partial charge in [-0.2, -0.15) is 0 Å². The maximum absolute atomic E-state index is 11.6. The fourth-order valence-electron chi connectivity index (χ4n) is 1.41. The Morgan fingerprint density at radius 2 is 1.93 bits per heavy atom. The summed E-state index contributed by atoms with van der Waals surface area (Å²) in [6.07, 6.45) is 3.41. The van der Waals surface area contributed by atoms with Crippen LogP contribution in [0.4, 0.5) is 0 Å². The zero-order valence-corrected chi connectivity index (χ0v) is 9.32. The monoisotopic (exact) mass is 214 g/mol. The van der Waals surface area contributed by atoms with Crippen LogP contribution in [0.15, 0.2) is 0 Å². The van der Waals surface area contributed by atoms with Crippen LogP contribution >= 0.6 is 0 Å². The minimum absolute atomic E-state index is 0.0287. The average molecular weight is 214 g/mol. The molecule has 0 aliphatic heterocycles. The number of rotatable bonds is 5. The van der Waals surface area contributed by atoms with Crippen molar-refractivity contribution in [3.8, 4) is 0 Å². The first-order valence-corrected chi connectivity index (χ1v) is 5.56. The lowest BCUT2D eigenvalue weighted by molar-refractivity contribution is -0.167. The number of ether oxygens (including phenoxy) is 2. The van der Waals surface area contributed by atoms with Crippen LogP contribution in [-0.2, 0) is 19.1 Å². The van der Waals surface area contributed by atoms with Crippen LogP contribution in [-0.4, -0.2) is 24.6 Å². The van der Waals surface area contributed by atoms with Gasteiger partial charge in [0.2, 0.25) is 0 Å². The van der Waals surface area contributed by atoms with Gasteiger partial charge in [0.05, 0.1) is 6.61 Å². The van der Waals surface area contributed by atoms with Gasteiger partial charge in [-0.3, -0.25) is 9.59 Å². The fourth-order valence-corrected chi connectivity index (χ4v) is 1.41. The third-order valence-electron chi connectivity index (χ3n) is 2.60. The quantitative estimate of drug-likeness (QED) is 0.516. The smallest absolute Gasteiger partial charge is 0.320 e. The summed E-state index contributed by atoms with van der Waals surface area (Å²) in [5.41, 5.74) is 0. The largest absolute Gasteiger partial charge is 0.465 e. The molecule has 0 N–H and O–H groups in total. The molecule has 0 aromatic heterocycles. The molecule has 86 valence electrons. The van der Waals surface area contributed by atoms with E-state index in [9.17, 15) is 9.59 Å². The van der Waals surface area contributed by atoms with E-state index in [2.05, 4.69) is 0 Å². The van der Waals surface area contributed by atoms with Crippen molar-refractivity contribution < 1.29 is 19.1 Å². The Morgan fingerprint density at radius 1 is 1.27 bits per heavy atom. The third kappa shape index (κ3) is 3.22. The molecule has 0 heterocycles. The molecule has 15 heavy (non-hydrogen) atoms. The number of esters is 2. The Bertz CT molecular complexity index is 233. The van der Waals surface area contributed by atoms with Crippen molar-refractivity contribution in [3.05, 3.63) is 0 Å². The average Bonchev–Trinajstić information content (AvgIpc) is 2.13. The molecule has 0 amide bonds. The highest BCUT2D eigenvalue weighted by Crippen LogP contribution is 2.23. The van der Waals surface area contributed by atoms with Gasteiger partial charge < -0.3 is 9.47 Å². The molecule has 0 radical (unpaired) electrons. The SMILES string of the molecule is CCOC(=O)C(CC)C(=O)OC1CCC1. The summed E-state index contributed by atoms with van der Waals surface area (Å²) in [4.78, 5) is 23.0. The maximum Gasteiger partial charge on any atom is 0.320 e. The van der Waals surface area contributed by atoms with Crippen LogP contribution < -0.4 is 0 Å². The van der Waals surface area contributed by atoms with Crippen molar-refractivity contribution in [2.24, 2.45) is 5.92 Å². The molecule has 4 heteroatoms. The second-order valence-electron chi connectivity index (χ2n) is 3.70. The summed E-state index contributed by atoms with van der Waals surface area (Å²) >= 11 is 0. The predicted octanol–water partition coefficient (Wildman–Crippen LogP) is 1.67. The molecule has 4 nitrogen and oxygen atoms in total. The summed E-state index contributed by atoms with van der Waals surface area (Å²) in [7, 11) is 0. The number of carbonyl (C=O) groups excluding carboxylic acids is 2. The molecule has 1 atom stereocenters. The van der Waals surface area contributed by atoms with E-state index < -0.39 is 17.9 Å². The van der Waals surface area contributed by atoms with Gasteiger partial charge in [0.25, 0.3) is 0 Å². The molecular formula is C11H18O4. The second-order valence-corrected chi connectivity index (χ2v) is 3.70.